The predicted octanol–water partition coefficient (Wildman–Crippen LogP) is 1.96. The van der Waals surface area contributed by atoms with E-state index in [4.69, 9.17) is 0 Å². The van der Waals surface area contributed by atoms with E-state index in [2.05, 4.69) is 26.2 Å². The number of nitrogens with zero attached hydrogens (tertiary/aromatic N) is 4. The number of benzene rings is 2. The molecule has 0 fully saturated rings. The van der Waals surface area contributed by atoms with Crippen molar-refractivity contribution >= 4 is 11.7 Å². The molecular weight excluding hydrogens is 339 g/mol. The number of aliphatic hydroxyl groups is 1. The van der Waals surface area contributed by atoms with Gasteiger partial charge in [-0.2, -0.15) is 4.68 Å². The molecule has 0 aliphatic carbocycles. The number of carbonyl (C=O) groups excluding carboxylic acids is 1. The van der Waals surface area contributed by atoms with Crippen LogP contribution in [0.4, 0.5) is 14.9 Å². The summed E-state index contributed by atoms with van der Waals surface area (Å²) in [5, 5.41) is 26.5. The number of urea groups is 1. The first kappa shape index (κ1) is 17.5. The second-order valence-corrected chi connectivity index (χ2v) is 5.59. The molecule has 3 N–H and O–H groups in total. The van der Waals surface area contributed by atoms with Crippen molar-refractivity contribution in [2.75, 3.05) is 11.9 Å². The number of halogens is 1. The first-order valence-corrected chi connectivity index (χ1v) is 7.87. The Bertz CT molecular complexity index is 914. The maximum atomic E-state index is 13.2. The van der Waals surface area contributed by atoms with Crippen molar-refractivity contribution in [2.24, 2.45) is 0 Å². The third kappa shape index (κ3) is 4.19. The molecule has 3 aromatic rings. The Balaban J connectivity index is 1.59. The maximum Gasteiger partial charge on any atom is 0.319 e. The smallest absolute Gasteiger partial charge is 0.319 e. The second kappa shape index (κ2) is 7.70. The van der Waals surface area contributed by atoms with Gasteiger partial charge < -0.3 is 15.7 Å². The van der Waals surface area contributed by atoms with Gasteiger partial charge in [-0.15, -0.1) is 5.10 Å². The van der Waals surface area contributed by atoms with Gasteiger partial charge in [-0.25, -0.2) is 9.18 Å². The molecule has 1 atom stereocenters. The third-order valence-corrected chi connectivity index (χ3v) is 3.66. The summed E-state index contributed by atoms with van der Waals surface area (Å²) in [5.41, 5.74) is 1.63. The van der Waals surface area contributed by atoms with E-state index in [1.165, 1.54) is 22.9 Å². The van der Waals surface area contributed by atoms with Crippen LogP contribution >= 0.6 is 0 Å². The molecule has 0 bridgehead atoms. The summed E-state index contributed by atoms with van der Waals surface area (Å²) in [4.78, 5) is 12.0. The maximum absolute atomic E-state index is 13.2. The molecule has 3 rings (SSSR count). The van der Waals surface area contributed by atoms with Crippen molar-refractivity contribution in [3.63, 3.8) is 0 Å². The lowest BCUT2D eigenvalue weighted by atomic mass is 10.1. The van der Waals surface area contributed by atoms with Crippen LogP contribution in [-0.2, 0) is 0 Å². The number of aliphatic hydroxyl groups excluding tert-OH is 1. The highest BCUT2D eigenvalue weighted by Gasteiger charge is 2.11. The molecule has 1 aromatic heterocycles. The molecule has 0 aliphatic heterocycles. The molecule has 2 amide bonds. The molecule has 0 spiro atoms. The first-order valence-electron chi connectivity index (χ1n) is 7.87. The minimum Gasteiger partial charge on any atom is -0.387 e. The Kier molecular flexibility index (Phi) is 5.18. The van der Waals surface area contributed by atoms with E-state index >= 15 is 0 Å². The number of tetrazole rings is 1. The lowest BCUT2D eigenvalue weighted by Gasteiger charge is -2.13. The Morgan fingerprint density at radius 3 is 2.81 bits per heavy atom. The number of rotatable bonds is 5. The van der Waals surface area contributed by atoms with Gasteiger partial charge in [-0.1, -0.05) is 18.2 Å². The largest absolute Gasteiger partial charge is 0.387 e. The van der Waals surface area contributed by atoms with Crippen LogP contribution in [0.5, 0.6) is 0 Å². The van der Waals surface area contributed by atoms with Crippen LogP contribution in [0.2, 0.25) is 0 Å². The van der Waals surface area contributed by atoms with Gasteiger partial charge in [0.15, 0.2) is 5.82 Å². The number of aromatic nitrogens is 4. The number of amides is 2. The molecule has 134 valence electrons. The molecule has 0 saturated carbocycles. The molecule has 9 heteroatoms. The second-order valence-electron chi connectivity index (χ2n) is 5.59. The van der Waals surface area contributed by atoms with Gasteiger partial charge in [-0.05, 0) is 53.2 Å². The Labute approximate surface area is 148 Å². The van der Waals surface area contributed by atoms with E-state index < -0.39 is 18.0 Å². The zero-order chi connectivity index (χ0) is 18.5. The fourth-order valence-electron chi connectivity index (χ4n) is 2.38. The predicted molar refractivity (Wildman–Crippen MR) is 92.3 cm³/mol. The van der Waals surface area contributed by atoms with Crippen LogP contribution in [-0.4, -0.2) is 37.9 Å². The summed E-state index contributed by atoms with van der Waals surface area (Å²) >= 11 is 0. The lowest BCUT2D eigenvalue weighted by molar-refractivity contribution is 0.174. The monoisotopic (exact) mass is 356 g/mol. The summed E-state index contributed by atoms with van der Waals surface area (Å²) in [7, 11) is 0. The van der Waals surface area contributed by atoms with Crippen LogP contribution in [0.1, 0.15) is 17.5 Å². The van der Waals surface area contributed by atoms with Crippen LogP contribution in [0.25, 0.3) is 5.69 Å². The summed E-state index contributed by atoms with van der Waals surface area (Å²) in [5.74, 6) is 0.172. The van der Waals surface area contributed by atoms with E-state index in [-0.39, 0.29) is 6.54 Å². The molecule has 0 aliphatic rings. The van der Waals surface area contributed by atoms with E-state index in [0.717, 1.165) is 0 Å². The number of hydrogen-bond donors (Lipinski definition) is 3. The average Bonchev–Trinajstić information content (AvgIpc) is 3.06. The van der Waals surface area contributed by atoms with Crippen LogP contribution in [0.15, 0.2) is 48.5 Å². The number of anilines is 1. The van der Waals surface area contributed by atoms with Crippen LogP contribution in [0, 0.1) is 12.7 Å². The Morgan fingerprint density at radius 1 is 1.27 bits per heavy atom. The molecule has 8 nitrogen and oxygen atoms in total. The highest BCUT2D eigenvalue weighted by atomic mass is 19.1. The molecule has 1 heterocycles. The molecule has 0 radical (unpaired) electrons. The minimum absolute atomic E-state index is 0.0545. The van der Waals surface area contributed by atoms with Crippen molar-refractivity contribution in [2.45, 2.75) is 13.0 Å². The van der Waals surface area contributed by atoms with Gasteiger partial charge in [-0.3, -0.25) is 0 Å². The highest BCUT2D eigenvalue weighted by molar-refractivity contribution is 5.89. The number of aryl methyl sites for hydroxylation is 1. The first-order chi connectivity index (χ1) is 12.5. The van der Waals surface area contributed by atoms with Gasteiger partial charge >= 0.3 is 6.03 Å². The Morgan fingerprint density at radius 2 is 2.08 bits per heavy atom. The van der Waals surface area contributed by atoms with Gasteiger partial charge in [0.05, 0.1) is 11.8 Å². The standard InChI is InChI=1S/C17H17FN6O2/c1-11-21-22-23-24(11)15-7-3-6-14(9-15)20-17(26)19-10-16(25)12-4-2-5-13(18)8-12/h2-9,16,25H,10H2,1H3,(H2,19,20,26). The minimum atomic E-state index is -1.01. The lowest BCUT2D eigenvalue weighted by Crippen LogP contribution is -2.32. The summed E-state index contributed by atoms with van der Waals surface area (Å²) < 4.78 is 14.7. The average molecular weight is 356 g/mol. The Hall–Kier alpha value is -3.33. The molecule has 0 saturated heterocycles. The number of hydrogen-bond acceptors (Lipinski definition) is 5. The van der Waals surface area contributed by atoms with Gasteiger partial charge in [0.1, 0.15) is 5.82 Å². The van der Waals surface area contributed by atoms with Crippen molar-refractivity contribution < 1.29 is 14.3 Å². The van der Waals surface area contributed by atoms with E-state index in [9.17, 15) is 14.3 Å². The van der Waals surface area contributed by atoms with Crippen LogP contribution in [0.3, 0.4) is 0 Å². The third-order valence-electron chi connectivity index (χ3n) is 3.66. The van der Waals surface area contributed by atoms with Crippen molar-refractivity contribution in [3.05, 3.63) is 65.7 Å². The topological polar surface area (TPSA) is 105 Å². The quantitative estimate of drug-likeness (QED) is 0.648. The number of carbonyl (C=O) groups is 1. The van der Waals surface area contributed by atoms with Gasteiger partial charge in [0.2, 0.25) is 0 Å². The van der Waals surface area contributed by atoms with E-state index in [1.54, 1.807) is 37.3 Å². The van der Waals surface area contributed by atoms with Gasteiger partial charge in [0.25, 0.3) is 0 Å². The van der Waals surface area contributed by atoms with Crippen molar-refractivity contribution in [1.82, 2.24) is 25.5 Å². The molecule has 26 heavy (non-hydrogen) atoms. The van der Waals surface area contributed by atoms with Crippen molar-refractivity contribution in [3.8, 4) is 5.69 Å². The van der Waals surface area contributed by atoms with E-state index in [1.807, 2.05) is 0 Å². The van der Waals surface area contributed by atoms with Crippen LogP contribution < -0.4 is 10.6 Å². The zero-order valence-electron chi connectivity index (χ0n) is 13.9. The van der Waals surface area contributed by atoms with Crippen molar-refractivity contribution in [1.29, 1.82) is 0 Å². The SMILES string of the molecule is Cc1nnnn1-c1cccc(NC(=O)NCC(O)c2cccc(F)c2)c1. The fourth-order valence-corrected chi connectivity index (χ4v) is 2.38. The summed E-state index contributed by atoms with van der Waals surface area (Å²) in [6, 6.07) is 12.1. The molecule has 1 unspecified atom stereocenters. The molecule has 2 aromatic carbocycles. The normalized spacial score (nSPS) is 11.8. The van der Waals surface area contributed by atoms with E-state index in [0.29, 0.717) is 22.8 Å². The molecular formula is C17H17FN6O2. The van der Waals surface area contributed by atoms with Gasteiger partial charge in [0, 0.05) is 12.2 Å². The zero-order valence-corrected chi connectivity index (χ0v) is 13.9. The highest BCUT2D eigenvalue weighted by Crippen LogP contribution is 2.15. The fraction of sp³-hybridized carbons (Fsp3) is 0.176. The summed E-state index contributed by atoms with van der Waals surface area (Å²) in [6.45, 7) is 1.71. The summed E-state index contributed by atoms with van der Waals surface area (Å²) in [6.07, 6.45) is -1.01. The number of nitrogens with one attached hydrogen (secondary N) is 2.